The van der Waals surface area contributed by atoms with Crippen molar-refractivity contribution in [2.24, 2.45) is 0 Å². The van der Waals surface area contributed by atoms with Gasteiger partial charge in [-0.15, -0.1) is 0 Å². The normalized spacial score (nSPS) is 12.3. The molecule has 0 aromatic heterocycles. The lowest BCUT2D eigenvalue weighted by atomic mass is 10.0. The van der Waals surface area contributed by atoms with E-state index >= 15 is 0 Å². The fraction of sp³-hybridized carbons (Fsp3) is 0.200. The molecule has 0 aliphatic heterocycles. The summed E-state index contributed by atoms with van der Waals surface area (Å²) in [6, 6.07) is 12.4. The Kier molecular flexibility index (Phi) is 5.09. The largest absolute Gasteiger partial charge is 0.496 e. The third kappa shape index (κ3) is 3.41. The van der Waals surface area contributed by atoms with Crippen molar-refractivity contribution in [2.75, 3.05) is 7.11 Å². The minimum atomic E-state index is 0.103. The number of rotatable bonds is 3. The average molecular weight is 449 g/mol. The molecule has 0 saturated carbocycles. The summed E-state index contributed by atoms with van der Waals surface area (Å²) in [7, 11) is 1.69. The quantitative estimate of drug-likeness (QED) is 0.522. The summed E-state index contributed by atoms with van der Waals surface area (Å²) in [5, 5.41) is 0. The number of methoxy groups -OCH3 is 1. The molecule has 100 valence electrons. The van der Waals surface area contributed by atoms with Gasteiger partial charge in [-0.05, 0) is 42.3 Å². The van der Waals surface area contributed by atoms with Gasteiger partial charge in [0.05, 0.1) is 11.9 Å². The summed E-state index contributed by atoms with van der Waals surface area (Å²) in [4.78, 5) is 0.103. The molecule has 19 heavy (non-hydrogen) atoms. The van der Waals surface area contributed by atoms with Crippen LogP contribution >= 0.6 is 47.8 Å². The minimum Gasteiger partial charge on any atom is -0.496 e. The fourth-order valence-electron chi connectivity index (χ4n) is 1.91. The number of aryl methyl sites for hydroxylation is 1. The molecule has 0 aliphatic rings. The summed E-state index contributed by atoms with van der Waals surface area (Å²) in [6.07, 6.45) is 0. The molecule has 2 aromatic carbocycles. The van der Waals surface area contributed by atoms with E-state index < -0.39 is 0 Å². The first kappa shape index (κ1) is 15.1. The SMILES string of the molecule is COc1ccc(Br)cc1C(Br)c1ccc(Br)c(C)c1. The van der Waals surface area contributed by atoms with Crippen LogP contribution in [0.15, 0.2) is 45.3 Å². The third-order valence-electron chi connectivity index (χ3n) is 2.94. The van der Waals surface area contributed by atoms with E-state index in [1.54, 1.807) is 7.11 Å². The van der Waals surface area contributed by atoms with Gasteiger partial charge < -0.3 is 4.74 Å². The first-order valence-electron chi connectivity index (χ1n) is 5.76. The summed E-state index contributed by atoms with van der Waals surface area (Å²) in [5.74, 6) is 0.880. The molecule has 0 aliphatic carbocycles. The fourth-order valence-corrected chi connectivity index (χ4v) is 3.18. The van der Waals surface area contributed by atoms with Gasteiger partial charge in [0.15, 0.2) is 0 Å². The van der Waals surface area contributed by atoms with Crippen LogP contribution in [0, 0.1) is 6.92 Å². The third-order valence-corrected chi connectivity index (χ3v) is 5.34. The van der Waals surface area contributed by atoms with Crippen LogP contribution in [0.2, 0.25) is 0 Å². The van der Waals surface area contributed by atoms with Gasteiger partial charge in [-0.1, -0.05) is 59.9 Å². The van der Waals surface area contributed by atoms with Crippen LogP contribution in [0.5, 0.6) is 5.75 Å². The monoisotopic (exact) mass is 446 g/mol. The van der Waals surface area contributed by atoms with E-state index in [1.165, 1.54) is 11.1 Å². The highest BCUT2D eigenvalue weighted by Crippen LogP contribution is 2.38. The average Bonchev–Trinajstić information content (AvgIpc) is 2.41. The number of ether oxygens (including phenoxy) is 1. The van der Waals surface area contributed by atoms with E-state index in [0.29, 0.717) is 0 Å². The second-order valence-electron chi connectivity index (χ2n) is 4.26. The zero-order chi connectivity index (χ0) is 14.0. The van der Waals surface area contributed by atoms with E-state index in [9.17, 15) is 0 Å². The summed E-state index contributed by atoms with van der Waals surface area (Å²) in [5.41, 5.74) is 3.53. The lowest BCUT2D eigenvalue weighted by molar-refractivity contribution is 0.410. The van der Waals surface area contributed by atoms with E-state index in [-0.39, 0.29) is 4.83 Å². The van der Waals surface area contributed by atoms with Gasteiger partial charge in [-0.25, -0.2) is 0 Å². The predicted octanol–water partition coefficient (Wildman–Crippen LogP) is 6.01. The molecule has 2 rings (SSSR count). The van der Waals surface area contributed by atoms with Crippen molar-refractivity contribution in [1.82, 2.24) is 0 Å². The maximum absolute atomic E-state index is 5.44. The van der Waals surface area contributed by atoms with Crippen molar-refractivity contribution in [3.8, 4) is 5.75 Å². The van der Waals surface area contributed by atoms with Crippen molar-refractivity contribution < 1.29 is 4.74 Å². The molecule has 0 spiro atoms. The highest BCUT2D eigenvalue weighted by atomic mass is 79.9. The van der Waals surface area contributed by atoms with Crippen LogP contribution < -0.4 is 4.74 Å². The number of halogens is 3. The molecule has 2 aromatic rings. The predicted molar refractivity (Wildman–Crippen MR) is 90.3 cm³/mol. The van der Waals surface area contributed by atoms with Crippen LogP contribution in [0.4, 0.5) is 0 Å². The lowest BCUT2D eigenvalue weighted by Crippen LogP contribution is -1.98. The Morgan fingerprint density at radius 3 is 2.42 bits per heavy atom. The lowest BCUT2D eigenvalue weighted by Gasteiger charge is -2.16. The first-order chi connectivity index (χ1) is 9.02. The Balaban J connectivity index is 2.45. The highest BCUT2D eigenvalue weighted by Gasteiger charge is 2.16. The molecule has 0 fully saturated rings. The zero-order valence-electron chi connectivity index (χ0n) is 10.6. The van der Waals surface area contributed by atoms with Gasteiger partial charge in [0.25, 0.3) is 0 Å². The minimum absolute atomic E-state index is 0.103. The molecule has 1 unspecified atom stereocenters. The van der Waals surface area contributed by atoms with Crippen LogP contribution in [-0.4, -0.2) is 7.11 Å². The molecule has 0 bridgehead atoms. The van der Waals surface area contributed by atoms with Crippen LogP contribution in [-0.2, 0) is 0 Å². The van der Waals surface area contributed by atoms with E-state index in [2.05, 4.69) is 79.0 Å². The van der Waals surface area contributed by atoms with Crippen molar-refractivity contribution in [3.05, 3.63) is 62.0 Å². The van der Waals surface area contributed by atoms with Crippen LogP contribution in [0.25, 0.3) is 0 Å². The smallest absolute Gasteiger partial charge is 0.123 e. The zero-order valence-corrected chi connectivity index (χ0v) is 15.3. The Morgan fingerprint density at radius 1 is 1.05 bits per heavy atom. The number of hydrogen-bond acceptors (Lipinski definition) is 1. The summed E-state index contributed by atoms with van der Waals surface area (Å²) in [6.45, 7) is 2.09. The van der Waals surface area contributed by atoms with Crippen LogP contribution in [0.1, 0.15) is 21.5 Å². The molecule has 0 heterocycles. The standard InChI is InChI=1S/C15H13Br3O/c1-9-7-10(3-5-13(9)17)15(18)12-8-11(16)4-6-14(12)19-2/h3-8,15H,1-2H3. The Hall–Kier alpha value is -0.320. The van der Waals surface area contributed by atoms with Crippen molar-refractivity contribution in [2.45, 2.75) is 11.8 Å². The first-order valence-corrected chi connectivity index (χ1v) is 8.26. The Labute approximate surface area is 138 Å². The van der Waals surface area contributed by atoms with Gasteiger partial charge in [0, 0.05) is 14.5 Å². The van der Waals surface area contributed by atoms with Crippen molar-refractivity contribution >= 4 is 47.8 Å². The molecule has 4 heteroatoms. The second kappa shape index (κ2) is 6.42. The molecular formula is C15H13Br3O. The van der Waals surface area contributed by atoms with Crippen molar-refractivity contribution in [1.29, 1.82) is 0 Å². The molecule has 0 amide bonds. The number of benzene rings is 2. The number of hydrogen-bond donors (Lipinski definition) is 0. The summed E-state index contributed by atoms with van der Waals surface area (Å²) >= 11 is 10.8. The Morgan fingerprint density at radius 2 is 1.79 bits per heavy atom. The molecule has 1 nitrogen and oxygen atoms in total. The van der Waals surface area contributed by atoms with E-state index in [0.717, 1.165) is 20.3 Å². The van der Waals surface area contributed by atoms with Gasteiger partial charge in [-0.3, -0.25) is 0 Å². The maximum atomic E-state index is 5.44. The van der Waals surface area contributed by atoms with Gasteiger partial charge in [0.1, 0.15) is 5.75 Å². The molecule has 0 radical (unpaired) electrons. The van der Waals surface area contributed by atoms with Crippen molar-refractivity contribution in [3.63, 3.8) is 0 Å². The maximum Gasteiger partial charge on any atom is 0.123 e. The van der Waals surface area contributed by atoms with Gasteiger partial charge >= 0.3 is 0 Å². The van der Waals surface area contributed by atoms with E-state index in [1.807, 2.05) is 12.1 Å². The highest BCUT2D eigenvalue weighted by molar-refractivity contribution is 9.11. The molecule has 0 saturated heterocycles. The van der Waals surface area contributed by atoms with Gasteiger partial charge in [0.2, 0.25) is 0 Å². The van der Waals surface area contributed by atoms with Crippen LogP contribution in [0.3, 0.4) is 0 Å². The topological polar surface area (TPSA) is 9.23 Å². The van der Waals surface area contributed by atoms with Gasteiger partial charge in [-0.2, -0.15) is 0 Å². The summed E-state index contributed by atoms with van der Waals surface area (Å²) < 4.78 is 7.60. The second-order valence-corrected chi connectivity index (χ2v) is 6.94. The molecular weight excluding hydrogens is 436 g/mol. The Bertz CT molecular complexity index is 596. The number of alkyl halides is 1. The molecule has 1 atom stereocenters. The van der Waals surface area contributed by atoms with E-state index in [4.69, 9.17) is 4.74 Å². The molecule has 0 N–H and O–H groups in total.